The lowest BCUT2D eigenvalue weighted by Crippen LogP contribution is -1.95. The van der Waals surface area contributed by atoms with E-state index in [0.29, 0.717) is 37.9 Å². The van der Waals surface area contributed by atoms with Gasteiger partial charge in [-0.2, -0.15) is 0 Å². The van der Waals surface area contributed by atoms with Gasteiger partial charge in [0.05, 0.1) is 10.0 Å². The summed E-state index contributed by atoms with van der Waals surface area (Å²) in [6.07, 6.45) is 3.07. The third-order valence-electron chi connectivity index (χ3n) is 3.53. The average molecular weight is 487 g/mol. The summed E-state index contributed by atoms with van der Waals surface area (Å²) in [6.45, 7) is 0.134. The van der Waals surface area contributed by atoms with E-state index in [1.807, 2.05) is 12.1 Å². The Morgan fingerprint density at radius 1 is 1.04 bits per heavy atom. The largest absolute Gasteiger partial charge is 0.483 e. The minimum Gasteiger partial charge on any atom is -0.483 e. The predicted octanol–water partition coefficient (Wildman–Crippen LogP) is 7.48. The minimum atomic E-state index is -0.114. The molecule has 7 heteroatoms. The molecule has 2 aromatic carbocycles. The van der Waals surface area contributed by atoms with Crippen molar-refractivity contribution >= 4 is 62.6 Å². The average Bonchev–Trinajstić information content (AvgIpc) is 3.07. The summed E-state index contributed by atoms with van der Waals surface area (Å²) in [5.41, 5.74) is 0.594. The fraction of sp³-hybridized carbons (Fsp3) is 0.0500. The van der Waals surface area contributed by atoms with E-state index in [9.17, 15) is 4.79 Å². The molecule has 3 nitrogen and oxygen atoms in total. The molecule has 0 radical (unpaired) electrons. The summed E-state index contributed by atoms with van der Waals surface area (Å²) in [5, 5.41) is 1.07. The summed E-state index contributed by atoms with van der Waals surface area (Å²) < 4.78 is 12.2. The fourth-order valence-electron chi connectivity index (χ4n) is 2.24. The standard InChI is InChI=1S/C20H12BrCl3O3/c21-13-3-1-12(2-4-13)19(25)8-7-15-5-6-16(27-15)11-26-20-17(23)9-14(22)10-18(20)24/h1-10H,11H2/b8-7+. The number of hydrogen-bond acceptors (Lipinski definition) is 3. The molecule has 0 spiro atoms. The van der Waals surface area contributed by atoms with Crippen molar-refractivity contribution in [1.82, 2.24) is 0 Å². The molecule has 0 aliphatic heterocycles. The van der Waals surface area contributed by atoms with Crippen LogP contribution in [0, 0.1) is 0 Å². The predicted molar refractivity (Wildman–Crippen MR) is 112 cm³/mol. The summed E-state index contributed by atoms with van der Waals surface area (Å²) >= 11 is 21.4. The number of carbonyl (C=O) groups excluding carboxylic acids is 1. The monoisotopic (exact) mass is 484 g/mol. The Hall–Kier alpha value is -1.72. The molecule has 0 unspecified atom stereocenters. The third-order valence-corrected chi connectivity index (χ3v) is 4.84. The topological polar surface area (TPSA) is 39.4 Å². The number of allylic oxidation sites excluding steroid dienone is 1. The summed E-state index contributed by atoms with van der Waals surface area (Å²) in [6, 6.07) is 13.7. The van der Waals surface area contributed by atoms with Gasteiger partial charge in [-0.3, -0.25) is 4.79 Å². The van der Waals surface area contributed by atoms with Crippen molar-refractivity contribution in [2.24, 2.45) is 0 Å². The second-order valence-corrected chi connectivity index (χ2v) is 7.66. The van der Waals surface area contributed by atoms with Crippen LogP contribution in [0.2, 0.25) is 15.1 Å². The van der Waals surface area contributed by atoms with Crippen LogP contribution >= 0.6 is 50.7 Å². The van der Waals surface area contributed by atoms with Crippen LogP contribution in [-0.2, 0) is 6.61 Å². The van der Waals surface area contributed by atoms with Crippen LogP contribution in [0.3, 0.4) is 0 Å². The number of halogens is 4. The molecule has 0 aliphatic rings. The smallest absolute Gasteiger partial charge is 0.185 e. The van der Waals surface area contributed by atoms with Gasteiger partial charge in [0.1, 0.15) is 18.1 Å². The highest BCUT2D eigenvalue weighted by atomic mass is 79.9. The normalized spacial score (nSPS) is 11.1. The first-order valence-corrected chi connectivity index (χ1v) is 9.69. The van der Waals surface area contributed by atoms with Gasteiger partial charge in [-0.05, 0) is 60.7 Å². The van der Waals surface area contributed by atoms with Crippen LogP contribution in [0.25, 0.3) is 6.08 Å². The molecule has 0 aliphatic carbocycles. The summed E-state index contributed by atoms with van der Waals surface area (Å²) in [7, 11) is 0. The molecular weight excluding hydrogens is 474 g/mol. The van der Waals surface area contributed by atoms with Crippen LogP contribution in [0.15, 0.2) is 63.5 Å². The summed E-state index contributed by atoms with van der Waals surface area (Å²) in [5.74, 6) is 1.32. The quantitative estimate of drug-likeness (QED) is 0.268. The van der Waals surface area contributed by atoms with E-state index in [0.717, 1.165) is 4.47 Å². The number of furan rings is 1. The number of ether oxygens (including phenoxy) is 1. The Morgan fingerprint density at radius 3 is 2.37 bits per heavy atom. The van der Waals surface area contributed by atoms with E-state index in [1.165, 1.54) is 6.08 Å². The maximum atomic E-state index is 12.1. The van der Waals surface area contributed by atoms with Crippen LogP contribution in [0.5, 0.6) is 5.75 Å². The highest BCUT2D eigenvalue weighted by molar-refractivity contribution is 9.10. The zero-order valence-electron chi connectivity index (χ0n) is 13.7. The zero-order valence-corrected chi connectivity index (χ0v) is 17.6. The Kier molecular flexibility index (Phi) is 6.66. The molecule has 3 aromatic rings. The Labute approximate surface area is 179 Å². The van der Waals surface area contributed by atoms with Crippen molar-refractivity contribution in [3.63, 3.8) is 0 Å². The van der Waals surface area contributed by atoms with Crippen LogP contribution in [-0.4, -0.2) is 5.78 Å². The van der Waals surface area contributed by atoms with Crippen molar-refractivity contribution in [2.45, 2.75) is 6.61 Å². The molecule has 0 atom stereocenters. The first-order chi connectivity index (χ1) is 12.9. The minimum absolute atomic E-state index is 0.114. The van der Waals surface area contributed by atoms with Gasteiger partial charge in [-0.25, -0.2) is 0 Å². The Bertz CT molecular complexity index is 971. The summed E-state index contributed by atoms with van der Waals surface area (Å²) in [4.78, 5) is 12.1. The van der Waals surface area contributed by atoms with Gasteiger partial charge in [0.15, 0.2) is 11.5 Å². The fourth-order valence-corrected chi connectivity index (χ4v) is 3.43. The van der Waals surface area contributed by atoms with Crippen molar-refractivity contribution in [3.05, 3.63) is 91.2 Å². The van der Waals surface area contributed by atoms with Crippen LogP contribution in [0.1, 0.15) is 21.9 Å². The van der Waals surface area contributed by atoms with Gasteiger partial charge in [0, 0.05) is 15.1 Å². The molecule has 0 saturated carbocycles. The Morgan fingerprint density at radius 2 is 1.70 bits per heavy atom. The first-order valence-electron chi connectivity index (χ1n) is 7.76. The van der Waals surface area contributed by atoms with Gasteiger partial charge in [-0.15, -0.1) is 0 Å². The molecule has 27 heavy (non-hydrogen) atoms. The maximum Gasteiger partial charge on any atom is 0.185 e. The Balaban J connectivity index is 1.63. The second-order valence-electron chi connectivity index (χ2n) is 5.50. The third kappa shape index (κ3) is 5.39. The molecule has 0 amide bonds. The number of benzene rings is 2. The number of rotatable bonds is 6. The lowest BCUT2D eigenvalue weighted by Gasteiger charge is -2.08. The number of hydrogen-bond donors (Lipinski definition) is 0. The van der Waals surface area contributed by atoms with Gasteiger partial charge in [0.2, 0.25) is 0 Å². The highest BCUT2D eigenvalue weighted by Gasteiger charge is 2.11. The van der Waals surface area contributed by atoms with Gasteiger partial charge in [-0.1, -0.05) is 50.7 Å². The SMILES string of the molecule is O=C(/C=C/c1ccc(COc2c(Cl)cc(Cl)cc2Cl)o1)c1ccc(Br)cc1. The molecule has 0 fully saturated rings. The van der Waals surface area contributed by atoms with Crippen molar-refractivity contribution in [3.8, 4) is 5.75 Å². The molecule has 138 valence electrons. The zero-order chi connectivity index (χ0) is 19.4. The molecule has 0 saturated heterocycles. The van der Waals surface area contributed by atoms with E-state index in [2.05, 4.69) is 15.9 Å². The van der Waals surface area contributed by atoms with Crippen LogP contribution < -0.4 is 4.74 Å². The van der Waals surface area contributed by atoms with Crippen molar-refractivity contribution in [1.29, 1.82) is 0 Å². The van der Waals surface area contributed by atoms with Gasteiger partial charge in [0.25, 0.3) is 0 Å². The highest BCUT2D eigenvalue weighted by Crippen LogP contribution is 2.36. The second kappa shape index (κ2) is 8.98. The molecular formula is C20H12BrCl3O3. The van der Waals surface area contributed by atoms with E-state index in [4.69, 9.17) is 44.0 Å². The lowest BCUT2D eigenvalue weighted by atomic mass is 10.1. The van der Waals surface area contributed by atoms with Crippen molar-refractivity contribution in [2.75, 3.05) is 0 Å². The van der Waals surface area contributed by atoms with Crippen LogP contribution in [0.4, 0.5) is 0 Å². The molecule has 1 aromatic heterocycles. The molecule has 1 heterocycles. The van der Waals surface area contributed by atoms with E-state index >= 15 is 0 Å². The van der Waals surface area contributed by atoms with E-state index < -0.39 is 0 Å². The van der Waals surface area contributed by atoms with E-state index in [-0.39, 0.29) is 12.4 Å². The van der Waals surface area contributed by atoms with Gasteiger partial charge >= 0.3 is 0 Å². The maximum absolute atomic E-state index is 12.1. The van der Waals surface area contributed by atoms with Gasteiger partial charge < -0.3 is 9.15 Å². The van der Waals surface area contributed by atoms with Crippen molar-refractivity contribution < 1.29 is 13.9 Å². The molecule has 3 rings (SSSR count). The molecule has 0 bridgehead atoms. The van der Waals surface area contributed by atoms with E-state index in [1.54, 1.807) is 42.5 Å². The number of ketones is 1. The lowest BCUT2D eigenvalue weighted by molar-refractivity contribution is 0.104. The number of carbonyl (C=O) groups is 1. The first kappa shape index (κ1) is 20.0. The molecule has 0 N–H and O–H groups in total.